The van der Waals surface area contributed by atoms with E-state index in [-0.39, 0.29) is 18.0 Å². The number of hydrogen-bond donors (Lipinski definition) is 1. The fourth-order valence-electron chi connectivity index (χ4n) is 4.13. The van der Waals surface area contributed by atoms with Gasteiger partial charge in [0.2, 0.25) is 5.78 Å². The fourth-order valence-corrected chi connectivity index (χ4v) is 4.13. The molecule has 1 saturated heterocycles. The largest absolute Gasteiger partial charge is 0.458 e. The number of aliphatic hydroxyl groups is 1. The van der Waals surface area contributed by atoms with Crippen molar-refractivity contribution in [2.45, 2.75) is 38.7 Å². The van der Waals surface area contributed by atoms with Gasteiger partial charge in [-0.05, 0) is 43.9 Å². The van der Waals surface area contributed by atoms with Gasteiger partial charge in [-0.1, -0.05) is 25.1 Å². The van der Waals surface area contributed by atoms with Crippen LogP contribution in [0.4, 0.5) is 5.69 Å². The van der Waals surface area contributed by atoms with Crippen LogP contribution >= 0.6 is 0 Å². The highest BCUT2D eigenvalue weighted by Crippen LogP contribution is 2.43. The molecule has 0 spiro atoms. The number of piperidine rings is 1. The Kier molecular flexibility index (Phi) is 4.85. The van der Waals surface area contributed by atoms with Crippen LogP contribution in [-0.2, 0) is 10.4 Å². The molecule has 0 radical (unpaired) electrons. The number of hydrogen-bond acceptors (Lipinski definition) is 5. The number of Topliss-reactive ketones (excluding diaryl/α,β-unsaturated/α-hetero) is 1. The molecule has 148 valence electrons. The fraction of sp³-hybridized carbons (Fsp3) is 0.455. The summed E-state index contributed by atoms with van der Waals surface area (Å²) in [5.41, 5.74) is -0.698. The average molecular weight is 382 g/mol. The third-order valence-electron chi connectivity index (χ3n) is 5.89. The SMILES string of the molecule is Cc1ccc(C(=O)CC2(O)C(=O)N(CN3CCC(C)CC3)c3ccccc32)o1. The maximum Gasteiger partial charge on any atom is 0.265 e. The number of aryl methyl sites for hydroxylation is 1. The third kappa shape index (κ3) is 3.27. The molecule has 1 atom stereocenters. The lowest BCUT2D eigenvalue weighted by atomic mass is 9.89. The Bertz CT molecular complexity index is 897. The number of fused-ring (bicyclic) bond motifs is 1. The van der Waals surface area contributed by atoms with Crippen molar-refractivity contribution in [2.24, 2.45) is 5.92 Å². The first kappa shape index (κ1) is 18.9. The number of rotatable bonds is 5. The summed E-state index contributed by atoms with van der Waals surface area (Å²) >= 11 is 0. The van der Waals surface area contributed by atoms with Crippen LogP contribution in [0.3, 0.4) is 0 Å². The first-order valence-electron chi connectivity index (χ1n) is 9.84. The molecule has 3 heterocycles. The van der Waals surface area contributed by atoms with Gasteiger partial charge in [0, 0.05) is 18.7 Å². The molecule has 0 bridgehead atoms. The number of benzene rings is 1. The standard InChI is InChI=1S/C22H26N2O4/c1-15-9-11-23(12-10-15)14-24-18-6-4-3-5-17(18)22(27,21(24)26)13-19(25)20-8-7-16(2)28-20/h3-8,15,27H,9-14H2,1-2H3. The molecule has 0 aliphatic carbocycles. The van der Waals surface area contributed by atoms with Crippen LogP contribution in [0.1, 0.15) is 48.1 Å². The van der Waals surface area contributed by atoms with E-state index in [1.807, 2.05) is 12.1 Å². The summed E-state index contributed by atoms with van der Waals surface area (Å²) < 4.78 is 5.39. The molecular formula is C22H26N2O4. The van der Waals surface area contributed by atoms with E-state index in [4.69, 9.17) is 4.42 Å². The van der Waals surface area contributed by atoms with Gasteiger partial charge in [-0.25, -0.2) is 0 Å². The number of carbonyl (C=O) groups excluding carboxylic acids is 2. The van der Waals surface area contributed by atoms with Gasteiger partial charge in [0.25, 0.3) is 5.91 Å². The summed E-state index contributed by atoms with van der Waals surface area (Å²) in [5, 5.41) is 11.3. The van der Waals surface area contributed by atoms with Crippen LogP contribution in [0.5, 0.6) is 0 Å². The van der Waals surface area contributed by atoms with Gasteiger partial charge < -0.3 is 9.52 Å². The van der Waals surface area contributed by atoms with Crippen molar-refractivity contribution in [1.29, 1.82) is 0 Å². The molecule has 6 nitrogen and oxygen atoms in total. The highest BCUT2D eigenvalue weighted by molar-refractivity contribution is 6.10. The van der Waals surface area contributed by atoms with Gasteiger partial charge >= 0.3 is 0 Å². The minimum Gasteiger partial charge on any atom is -0.458 e. The maximum absolute atomic E-state index is 13.3. The minimum atomic E-state index is -1.86. The summed E-state index contributed by atoms with van der Waals surface area (Å²) in [5.74, 6) is 0.662. The Labute approximate surface area is 164 Å². The molecule has 1 N–H and O–H groups in total. The first-order chi connectivity index (χ1) is 13.4. The Hall–Kier alpha value is -2.44. The lowest BCUT2D eigenvalue weighted by Gasteiger charge is -2.33. The summed E-state index contributed by atoms with van der Waals surface area (Å²) in [4.78, 5) is 29.8. The quantitative estimate of drug-likeness (QED) is 0.805. The molecule has 6 heteroatoms. The van der Waals surface area contributed by atoms with E-state index < -0.39 is 11.5 Å². The number of nitrogens with zero attached hydrogens (tertiary/aromatic N) is 2. The van der Waals surface area contributed by atoms with E-state index >= 15 is 0 Å². The summed E-state index contributed by atoms with van der Waals surface area (Å²) in [6, 6.07) is 10.5. The predicted octanol–water partition coefficient (Wildman–Crippen LogP) is 3.08. The molecule has 28 heavy (non-hydrogen) atoms. The van der Waals surface area contributed by atoms with Gasteiger partial charge in [-0.2, -0.15) is 0 Å². The van der Waals surface area contributed by atoms with Crippen molar-refractivity contribution >= 4 is 17.4 Å². The van der Waals surface area contributed by atoms with Gasteiger partial charge in [0.05, 0.1) is 18.8 Å². The number of likely N-dealkylation sites (tertiary alicyclic amines) is 1. The second-order valence-corrected chi connectivity index (χ2v) is 8.06. The Balaban J connectivity index is 1.59. The zero-order valence-corrected chi connectivity index (χ0v) is 16.4. The Morgan fingerprint density at radius 1 is 1.21 bits per heavy atom. The molecule has 1 aromatic carbocycles. The van der Waals surface area contributed by atoms with Crippen molar-refractivity contribution in [3.05, 3.63) is 53.5 Å². The number of ketones is 1. The number of para-hydroxylation sites is 1. The van der Waals surface area contributed by atoms with E-state index in [1.54, 1.807) is 36.1 Å². The molecule has 2 aliphatic rings. The van der Waals surface area contributed by atoms with E-state index in [0.717, 1.165) is 25.9 Å². The maximum atomic E-state index is 13.3. The van der Waals surface area contributed by atoms with Crippen molar-refractivity contribution < 1.29 is 19.1 Å². The lowest BCUT2D eigenvalue weighted by Crippen LogP contribution is -2.48. The predicted molar refractivity (Wildman–Crippen MR) is 105 cm³/mol. The number of carbonyl (C=O) groups is 2. The van der Waals surface area contributed by atoms with Crippen LogP contribution < -0.4 is 4.90 Å². The topological polar surface area (TPSA) is 74.0 Å². The van der Waals surface area contributed by atoms with Crippen LogP contribution in [0, 0.1) is 12.8 Å². The van der Waals surface area contributed by atoms with Crippen molar-refractivity contribution in [3.63, 3.8) is 0 Å². The van der Waals surface area contributed by atoms with E-state index in [2.05, 4.69) is 11.8 Å². The Morgan fingerprint density at radius 3 is 2.61 bits per heavy atom. The van der Waals surface area contributed by atoms with Crippen molar-refractivity contribution in [1.82, 2.24) is 4.90 Å². The highest BCUT2D eigenvalue weighted by Gasteiger charge is 2.51. The van der Waals surface area contributed by atoms with Crippen LogP contribution in [-0.4, -0.2) is 41.5 Å². The zero-order valence-electron chi connectivity index (χ0n) is 16.4. The van der Waals surface area contributed by atoms with Crippen LogP contribution in [0.2, 0.25) is 0 Å². The van der Waals surface area contributed by atoms with E-state index in [1.165, 1.54) is 0 Å². The first-order valence-corrected chi connectivity index (χ1v) is 9.84. The van der Waals surface area contributed by atoms with Gasteiger partial charge in [-0.15, -0.1) is 0 Å². The van der Waals surface area contributed by atoms with E-state index in [9.17, 15) is 14.7 Å². The normalized spacial score (nSPS) is 23.2. The molecule has 0 saturated carbocycles. The summed E-state index contributed by atoms with van der Waals surface area (Å²) in [6.45, 7) is 6.28. The Morgan fingerprint density at radius 2 is 1.93 bits per heavy atom. The average Bonchev–Trinajstić information content (AvgIpc) is 3.20. The lowest BCUT2D eigenvalue weighted by molar-refractivity contribution is -0.136. The van der Waals surface area contributed by atoms with Gasteiger partial charge in [0.1, 0.15) is 5.76 Å². The van der Waals surface area contributed by atoms with Crippen molar-refractivity contribution in [2.75, 3.05) is 24.7 Å². The van der Waals surface area contributed by atoms with Crippen molar-refractivity contribution in [3.8, 4) is 0 Å². The molecule has 1 fully saturated rings. The smallest absolute Gasteiger partial charge is 0.265 e. The second-order valence-electron chi connectivity index (χ2n) is 8.06. The van der Waals surface area contributed by atoms with Crippen LogP contribution in [0.15, 0.2) is 40.8 Å². The molecule has 1 aromatic heterocycles. The zero-order chi connectivity index (χ0) is 19.9. The molecule has 2 aromatic rings. The summed E-state index contributed by atoms with van der Waals surface area (Å²) in [6.07, 6.45) is 1.87. The molecule has 1 amide bonds. The second kappa shape index (κ2) is 7.18. The number of amides is 1. The summed E-state index contributed by atoms with van der Waals surface area (Å²) in [7, 11) is 0. The third-order valence-corrected chi connectivity index (χ3v) is 5.89. The monoisotopic (exact) mass is 382 g/mol. The van der Waals surface area contributed by atoms with E-state index in [0.29, 0.717) is 29.6 Å². The molecule has 2 aliphatic heterocycles. The van der Waals surface area contributed by atoms with Gasteiger partial charge in [-0.3, -0.25) is 19.4 Å². The number of furan rings is 1. The minimum absolute atomic E-state index is 0.166. The molecule has 1 unspecified atom stereocenters. The molecule has 4 rings (SSSR count). The highest BCUT2D eigenvalue weighted by atomic mass is 16.3. The van der Waals surface area contributed by atoms with Gasteiger partial charge in [0.15, 0.2) is 11.4 Å². The van der Waals surface area contributed by atoms with Crippen LogP contribution in [0.25, 0.3) is 0 Å². The number of anilines is 1. The molecular weight excluding hydrogens is 356 g/mol.